The highest BCUT2D eigenvalue weighted by Crippen LogP contribution is 2.17. The summed E-state index contributed by atoms with van der Waals surface area (Å²) in [5.41, 5.74) is 2.41. The van der Waals surface area contributed by atoms with Crippen molar-refractivity contribution < 1.29 is 13.9 Å². The number of amides is 1. The predicted molar refractivity (Wildman–Crippen MR) is 83.6 cm³/mol. The van der Waals surface area contributed by atoms with E-state index in [-0.39, 0.29) is 5.84 Å². The van der Waals surface area contributed by atoms with Crippen LogP contribution in [-0.4, -0.2) is 29.6 Å². The monoisotopic (exact) mass is 379 g/mol. The van der Waals surface area contributed by atoms with Gasteiger partial charge in [0.2, 0.25) is 0 Å². The van der Waals surface area contributed by atoms with E-state index in [9.17, 15) is 9.18 Å². The van der Waals surface area contributed by atoms with E-state index in [1.165, 1.54) is 19.2 Å². The SMILES string of the molecule is CN(N/C(=N\Cl)c1ccc(Br)c(F)c1)C(=O)OC(C)(C)C. The maximum absolute atomic E-state index is 13.5. The standard InChI is InChI=1S/C13H16BrClFN3O2/c1-13(2,3)21-12(20)19(4)18-11(17-15)8-5-6-9(14)10(16)7-8/h5-7H,1-4H3,(H,17,18). The summed E-state index contributed by atoms with van der Waals surface area (Å²) in [5.74, 6) is -0.344. The van der Waals surface area contributed by atoms with Gasteiger partial charge < -0.3 is 4.74 Å². The van der Waals surface area contributed by atoms with Crippen LogP contribution in [0.5, 0.6) is 0 Å². The van der Waals surface area contributed by atoms with Gasteiger partial charge in [0.05, 0.1) is 4.47 Å². The number of carbonyl (C=O) groups is 1. The van der Waals surface area contributed by atoms with Crippen LogP contribution in [0, 0.1) is 5.82 Å². The molecule has 0 aromatic heterocycles. The zero-order chi connectivity index (χ0) is 16.2. The Bertz CT molecular complexity index is 561. The van der Waals surface area contributed by atoms with Crippen LogP contribution in [0.15, 0.2) is 27.2 Å². The highest BCUT2D eigenvalue weighted by Gasteiger charge is 2.21. The van der Waals surface area contributed by atoms with E-state index in [1.807, 2.05) is 0 Å². The van der Waals surface area contributed by atoms with Crippen LogP contribution in [0.1, 0.15) is 26.3 Å². The number of halogens is 3. The molecule has 0 aliphatic carbocycles. The molecule has 21 heavy (non-hydrogen) atoms. The lowest BCUT2D eigenvalue weighted by Gasteiger charge is -2.25. The van der Waals surface area contributed by atoms with Crippen LogP contribution >= 0.6 is 27.7 Å². The zero-order valence-electron chi connectivity index (χ0n) is 12.1. The summed E-state index contributed by atoms with van der Waals surface area (Å²) in [5, 5.41) is 1.08. The maximum Gasteiger partial charge on any atom is 0.428 e. The maximum atomic E-state index is 13.5. The lowest BCUT2D eigenvalue weighted by Crippen LogP contribution is -2.45. The van der Waals surface area contributed by atoms with Gasteiger partial charge in [-0.3, -0.25) is 5.43 Å². The number of benzene rings is 1. The molecule has 1 aromatic carbocycles. The van der Waals surface area contributed by atoms with Crippen LogP contribution in [-0.2, 0) is 4.74 Å². The molecule has 1 aromatic rings. The van der Waals surface area contributed by atoms with Gasteiger partial charge in [-0.05, 0) is 54.9 Å². The van der Waals surface area contributed by atoms with Crippen molar-refractivity contribution >= 4 is 39.6 Å². The lowest BCUT2D eigenvalue weighted by atomic mass is 10.2. The first kappa shape index (κ1) is 17.7. The van der Waals surface area contributed by atoms with Gasteiger partial charge in [-0.2, -0.15) is 4.51 Å². The summed E-state index contributed by atoms with van der Waals surface area (Å²) in [6, 6.07) is 4.35. The average Bonchev–Trinajstić information content (AvgIpc) is 2.37. The minimum absolute atomic E-state index is 0.122. The Morgan fingerprint density at radius 1 is 1.48 bits per heavy atom. The third-order valence-electron chi connectivity index (χ3n) is 2.22. The summed E-state index contributed by atoms with van der Waals surface area (Å²) in [4.78, 5) is 11.8. The second-order valence-corrected chi connectivity index (χ2v) is 6.24. The number of rotatable bonds is 1. The van der Waals surface area contributed by atoms with Crippen LogP contribution in [0.3, 0.4) is 0 Å². The van der Waals surface area contributed by atoms with Gasteiger partial charge >= 0.3 is 6.09 Å². The van der Waals surface area contributed by atoms with Crippen molar-refractivity contribution in [3.8, 4) is 0 Å². The molecule has 0 unspecified atom stereocenters. The second kappa shape index (κ2) is 7.09. The molecule has 5 nitrogen and oxygen atoms in total. The largest absolute Gasteiger partial charge is 0.442 e. The number of amidine groups is 1. The molecule has 1 amide bonds. The Balaban J connectivity index is 2.83. The molecule has 0 heterocycles. The third-order valence-corrected chi connectivity index (χ3v) is 3.03. The molecule has 8 heteroatoms. The van der Waals surface area contributed by atoms with Gasteiger partial charge in [-0.1, -0.05) is 0 Å². The molecule has 0 aliphatic heterocycles. The highest BCUT2D eigenvalue weighted by atomic mass is 79.9. The summed E-state index contributed by atoms with van der Waals surface area (Å²) >= 11 is 8.54. The first-order chi connectivity index (χ1) is 9.64. The van der Waals surface area contributed by atoms with Crippen LogP contribution in [0.2, 0.25) is 0 Å². The number of carbonyl (C=O) groups excluding carboxylic acids is 1. The van der Waals surface area contributed by atoms with Crippen LogP contribution in [0.4, 0.5) is 9.18 Å². The second-order valence-electron chi connectivity index (χ2n) is 5.21. The molecule has 1 N–H and O–H groups in total. The molecule has 0 spiro atoms. The van der Waals surface area contributed by atoms with Crippen molar-refractivity contribution in [1.29, 1.82) is 0 Å². The minimum atomic E-state index is -0.630. The van der Waals surface area contributed by atoms with E-state index >= 15 is 0 Å². The van der Waals surface area contributed by atoms with Crippen LogP contribution in [0.25, 0.3) is 0 Å². The van der Waals surface area contributed by atoms with E-state index in [1.54, 1.807) is 26.8 Å². The van der Waals surface area contributed by atoms with E-state index in [0.717, 1.165) is 5.01 Å². The quantitative estimate of drug-likeness (QED) is 0.457. The van der Waals surface area contributed by atoms with Gasteiger partial charge in [-0.15, -0.1) is 0 Å². The van der Waals surface area contributed by atoms with Crippen molar-refractivity contribution in [2.45, 2.75) is 26.4 Å². The highest BCUT2D eigenvalue weighted by molar-refractivity contribution is 9.10. The number of hydrazine groups is 1. The molecule has 0 bridgehead atoms. The normalized spacial score (nSPS) is 12.0. The van der Waals surface area contributed by atoms with Gasteiger partial charge in [0.1, 0.15) is 11.4 Å². The number of hydrogen-bond donors (Lipinski definition) is 1. The number of nitrogens with one attached hydrogen (secondary N) is 1. The fourth-order valence-corrected chi connectivity index (χ4v) is 1.69. The Hall–Kier alpha value is -1.34. The fraction of sp³-hybridized carbons (Fsp3) is 0.385. The number of nitrogens with zero attached hydrogens (tertiary/aromatic N) is 2. The lowest BCUT2D eigenvalue weighted by molar-refractivity contribution is 0.0251. The molecule has 0 saturated heterocycles. The molecule has 1 rings (SSSR count). The van der Waals surface area contributed by atoms with Gasteiger partial charge in [0, 0.05) is 24.4 Å². The first-order valence-electron chi connectivity index (χ1n) is 6.02. The molecule has 0 fully saturated rings. The summed E-state index contributed by atoms with van der Waals surface area (Å²) < 4.78 is 22.5. The molecule has 0 atom stereocenters. The van der Waals surface area contributed by atoms with E-state index < -0.39 is 17.5 Å². The van der Waals surface area contributed by atoms with Gasteiger partial charge in [0.25, 0.3) is 0 Å². The Kier molecular flexibility index (Phi) is 5.98. The smallest absolute Gasteiger partial charge is 0.428 e. The number of hydrogen-bond acceptors (Lipinski definition) is 3. The first-order valence-corrected chi connectivity index (χ1v) is 7.15. The number of ether oxygens (including phenoxy) is 1. The van der Waals surface area contributed by atoms with E-state index in [0.29, 0.717) is 10.0 Å². The zero-order valence-corrected chi connectivity index (χ0v) is 14.4. The summed E-state index contributed by atoms with van der Waals surface area (Å²) in [6.07, 6.45) is -0.613. The Labute approximate surface area is 136 Å². The van der Waals surface area contributed by atoms with Crippen molar-refractivity contribution in [2.75, 3.05) is 7.05 Å². The Morgan fingerprint density at radius 3 is 2.57 bits per heavy atom. The topological polar surface area (TPSA) is 53.9 Å². The molecule has 0 saturated carbocycles. The van der Waals surface area contributed by atoms with Crippen molar-refractivity contribution in [3.05, 3.63) is 34.1 Å². The molecule has 0 aliphatic rings. The van der Waals surface area contributed by atoms with Crippen molar-refractivity contribution in [2.24, 2.45) is 4.51 Å². The molecule has 0 radical (unpaired) electrons. The predicted octanol–water partition coefficient (Wildman–Crippen LogP) is 3.86. The summed E-state index contributed by atoms with van der Waals surface area (Å²) in [7, 11) is 1.45. The third kappa shape index (κ3) is 5.51. The average molecular weight is 381 g/mol. The summed E-state index contributed by atoms with van der Waals surface area (Å²) in [6.45, 7) is 5.25. The Morgan fingerprint density at radius 2 is 2.10 bits per heavy atom. The minimum Gasteiger partial charge on any atom is -0.442 e. The van der Waals surface area contributed by atoms with Crippen molar-refractivity contribution in [3.63, 3.8) is 0 Å². The van der Waals surface area contributed by atoms with Crippen molar-refractivity contribution in [1.82, 2.24) is 10.4 Å². The van der Waals surface area contributed by atoms with Gasteiger partial charge in [-0.25, -0.2) is 14.2 Å². The van der Waals surface area contributed by atoms with E-state index in [4.69, 9.17) is 16.5 Å². The molecular formula is C13H16BrClFN3O2. The van der Waals surface area contributed by atoms with Crippen LogP contribution < -0.4 is 5.43 Å². The van der Waals surface area contributed by atoms with Gasteiger partial charge in [0.15, 0.2) is 5.84 Å². The molecular weight excluding hydrogens is 365 g/mol. The fourth-order valence-electron chi connectivity index (χ4n) is 1.31. The van der Waals surface area contributed by atoms with E-state index in [2.05, 4.69) is 25.9 Å². The molecule has 116 valence electrons.